The average Bonchev–Trinajstić information content (AvgIpc) is 2.48. The van der Waals surface area contributed by atoms with Gasteiger partial charge in [-0.2, -0.15) is 0 Å². The lowest BCUT2D eigenvalue weighted by molar-refractivity contribution is 0.115. The van der Waals surface area contributed by atoms with Gasteiger partial charge in [0, 0.05) is 34.2 Å². The Morgan fingerprint density at radius 1 is 1.17 bits per heavy atom. The molecule has 0 bridgehead atoms. The number of aliphatic imine (C=N–C) groups is 1. The van der Waals surface area contributed by atoms with Crippen LogP contribution in [0, 0.1) is 6.92 Å². The first-order valence-corrected chi connectivity index (χ1v) is 8.99. The molecule has 2 aromatic carbocycles. The number of rotatable bonds is 3. The van der Waals surface area contributed by atoms with Crippen LogP contribution < -0.4 is 9.46 Å². The number of benzene rings is 2. The summed E-state index contributed by atoms with van der Waals surface area (Å²) in [5, 5.41) is 0.764. The highest BCUT2D eigenvalue weighted by Gasteiger charge is 2.29. The van der Waals surface area contributed by atoms with Crippen molar-refractivity contribution in [3.63, 3.8) is 0 Å². The molecule has 0 saturated heterocycles. The van der Waals surface area contributed by atoms with Crippen molar-refractivity contribution >= 4 is 34.9 Å². The van der Waals surface area contributed by atoms with Crippen molar-refractivity contribution < 1.29 is 4.74 Å². The summed E-state index contributed by atoms with van der Waals surface area (Å²) in [6, 6.07) is 12.1. The van der Waals surface area contributed by atoms with Gasteiger partial charge in [0.15, 0.2) is 5.72 Å². The molecule has 0 atom stereocenters. The first-order chi connectivity index (χ1) is 10.9. The molecule has 0 spiro atoms. The van der Waals surface area contributed by atoms with Crippen LogP contribution in [0.15, 0.2) is 41.4 Å². The number of anilines is 1. The van der Waals surface area contributed by atoms with E-state index in [9.17, 15) is 0 Å². The Hall–Kier alpha value is -1.65. The molecule has 3 rings (SSSR count). The lowest BCUT2D eigenvalue weighted by Gasteiger charge is -2.30. The van der Waals surface area contributed by atoms with Gasteiger partial charge in [-0.25, -0.2) is 4.99 Å². The van der Waals surface area contributed by atoms with Gasteiger partial charge < -0.3 is 9.46 Å². The molecule has 1 N–H and O–H groups in total. The molecule has 5 heteroatoms. The number of hydrogen-bond acceptors (Lipinski definition) is 4. The van der Waals surface area contributed by atoms with E-state index in [2.05, 4.69) is 10.8 Å². The van der Waals surface area contributed by atoms with E-state index in [-0.39, 0.29) is 0 Å². The first-order valence-electron chi connectivity index (χ1n) is 7.38. The summed E-state index contributed by atoms with van der Waals surface area (Å²) in [6.45, 7) is 5.93. The number of nitrogens with one attached hydrogen (secondary N) is 1. The van der Waals surface area contributed by atoms with Crippen LogP contribution in [-0.4, -0.2) is 17.7 Å². The van der Waals surface area contributed by atoms with Crippen LogP contribution in [0.4, 0.5) is 5.69 Å². The molecule has 23 heavy (non-hydrogen) atoms. The molecule has 0 aromatic heterocycles. The number of hydrogen-bond donors (Lipinski definition) is 1. The molecular formula is C18H19ClN2OS. The van der Waals surface area contributed by atoms with Gasteiger partial charge in [0.05, 0.1) is 5.71 Å². The number of ether oxygens (including phenoxy) is 1. The molecule has 1 aliphatic heterocycles. The van der Waals surface area contributed by atoms with Gasteiger partial charge in [0.25, 0.3) is 0 Å². The Labute approximate surface area is 146 Å². The highest BCUT2D eigenvalue weighted by atomic mass is 35.5. The molecule has 0 amide bonds. The van der Waals surface area contributed by atoms with Crippen LogP contribution >= 0.6 is 23.5 Å². The van der Waals surface area contributed by atoms with Crippen molar-refractivity contribution in [2.45, 2.75) is 26.5 Å². The average molecular weight is 347 g/mol. The van der Waals surface area contributed by atoms with Crippen molar-refractivity contribution in [3.05, 3.63) is 58.1 Å². The molecule has 0 unspecified atom stereocenters. The van der Waals surface area contributed by atoms with E-state index in [0.717, 1.165) is 38.9 Å². The fourth-order valence-corrected chi connectivity index (χ4v) is 3.10. The van der Waals surface area contributed by atoms with Crippen molar-refractivity contribution in [3.8, 4) is 5.75 Å². The van der Waals surface area contributed by atoms with Crippen molar-refractivity contribution in [1.82, 2.24) is 0 Å². The third-order valence-electron chi connectivity index (χ3n) is 3.63. The van der Waals surface area contributed by atoms with Gasteiger partial charge in [0.2, 0.25) is 0 Å². The topological polar surface area (TPSA) is 33.6 Å². The van der Waals surface area contributed by atoms with Crippen LogP contribution in [0.25, 0.3) is 0 Å². The van der Waals surface area contributed by atoms with Crippen LogP contribution in [0.3, 0.4) is 0 Å². The number of nitrogens with zero attached hydrogens (tertiary/aromatic N) is 1. The van der Waals surface area contributed by atoms with Crippen LogP contribution in [0.1, 0.15) is 30.5 Å². The second kappa shape index (κ2) is 6.10. The van der Waals surface area contributed by atoms with E-state index in [1.54, 1.807) is 11.9 Å². The summed E-state index contributed by atoms with van der Waals surface area (Å²) in [5.41, 5.74) is 4.44. The minimum Gasteiger partial charge on any atom is -0.466 e. The second-order valence-electron chi connectivity index (χ2n) is 5.99. The minimum absolute atomic E-state index is 0.603. The van der Waals surface area contributed by atoms with Crippen molar-refractivity contribution in [2.75, 3.05) is 11.0 Å². The Bertz CT molecular complexity index is 787. The highest BCUT2D eigenvalue weighted by Crippen LogP contribution is 2.35. The lowest BCUT2D eigenvalue weighted by Crippen LogP contribution is -2.32. The van der Waals surface area contributed by atoms with E-state index in [1.807, 2.05) is 57.4 Å². The lowest BCUT2D eigenvalue weighted by atomic mass is 9.97. The second-order valence-corrected chi connectivity index (χ2v) is 7.01. The summed E-state index contributed by atoms with van der Waals surface area (Å²) in [5.74, 6) is 0.839. The maximum absolute atomic E-state index is 6.16. The summed E-state index contributed by atoms with van der Waals surface area (Å²) in [6.07, 6.45) is 1.99. The van der Waals surface area contributed by atoms with Crippen molar-refractivity contribution in [1.29, 1.82) is 0 Å². The first kappa shape index (κ1) is 16.2. The Morgan fingerprint density at radius 3 is 2.65 bits per heavy atom. The molecule has 0 saturated carbocycles. The van der Waals surface area contributed by atoms with Crippen LogP contribution in [-0.2, 0) is 0 Å². The molecule has 2 aromatic rings. The molecule has 3 nitrogen and oxygen atoms in total. The summed E-state index contributed by atoms with van der Waals surface area (Å²) in [7, 11) is 0. The quantitative estimate of drug-likeness (QED) is 0.765. The smallest absolute Gasteiger partial charge is 0.195 e. The van der Waals surface area contributed by atoms with Gasteiger partial charge in [-0.1, -0.05) is 29.6 Å². The maximum atomic E-state index is 6.16. The van der Waals surface area contributed by atoms with Gasteiger partial charge >= 0.3 is 0 Å². The highest BCUT2D eigenvalue weighted by molar-refractivity contribution is 7.99. The zero-order valence-electron chi connectivity index (χ0n) is 13.6. The number of halogens is 1. The Kier molecular flexibility index (Phi) is 4.30. The summed E-state index contributed by atoms with van der Waals surface area (Å²) >= 11 is 7.71. The predicted molar refractivity (Wildman–Crippen MR) is 100 cm³/mol. The molecule has 0 fully saturated rings. The van der Waals surface area contributed by atoms with Crippen LogP contribution in [0.5, 0.6) is 5.75 Å². The van der Waals surface area contributed by atoms with E-state index in [1.165, 1.54) is 0 Å². The van der Waals surface area contributed by atoms with Crippen LogP contribution in [0.2, 0.25) is 5.02 Å². The van der Waals surface area contributed by atoms with Crippen molar-refractivity contribution in [2.24, 2.45) is 4.99 Å². The molecule has 120 valence electrons. The fraction of sp³-hybridized carbons (Fsp3) is 0.278. The third kappa shape index (κ3) is 3.33. The maximum Gasteiger partial charge on any atom is 0.195 e. The largest absolute Gasteiger partial charge is 0.466 e. The zero-order chi connectivity index (χ0) is 16.6. The molecule has 1 aliphatic rings. The Balaban J connectivity index is 2.12. The standard InChI is InChI=1S/C18H19ClN2OS/c1-11-9-12(5-8-15(11)19)17-14-7-6-13(21-23-4)10-16(14)22-18(2,3)20-17/h5-10,21H,1-4H3. The third-order valence-corrected chi connectivity index (χ3v) is 4.49. The minimum atomic E-state index is -0.603. The summed E-state index contributed by atoms with van der Waals surface area (Å²) < 4.78 is 9.28. The number of fused-ring (bicyclic) bond motifs is 1. The zero-order valence-corrected chi connectivity index (χ0v) is 15.2. The molecular weight excluding hydrogens is 328 g/mol. The molecule has 0 aliphatic carbocycles. The van der Waals surface area contributed by atoms with E-state index in [0.29, 0.717) is 0 Å². The monoisotopic (exact) mass is 346 g/mol. The summed E-state index contributed by atoms with van der Waals surface area (Å²) in [4.78, 5) is 4.80. The number of aryl methyl sites for hydroxylation is 1. The van der Waals surface area contributed by atoms with E-state index < -0.39 is 5.72 Å². The molecule has 0 radical (unpaired) electrons. The predicted octanol–water partition coefficient (Wildman–Crippen LogP) is 5.30. The van der Waals surface area contributed by atoms with E-state index in [4.69, 9.17) is 21.3 Å². The SMILES string of the molecule is CSNc1ccc2c(c1)OC(C)(C)N=C2c1ccc(Cl)c(C)c1. The Morgan fingerprint density at radius 2 is 1.96 bits per heavy atom. The van der Waals surface area contributed by atoms with Gasteiger partial charge in [-0.3, -0.25) is 0 Å². The van der Waals surface area contributed by atoms with Gasteiger partial charge in [-0.15, -0.1) is 0 Å². The van der Waals surface area contributed by atoms with E-state index >= 15 is 0 Å². The van der Waals surface area contributed by atoms with Gasteiger partial charge in [-0.05, 0) is 50.6 Å². The normalized spacial score (nSPS) is 15.4. The fourth-order valence-electron chi connectivity index (χ4n) is 2.62. The molecule has 1 heterocycles. The van der Waals surface area contributed by atoms with Gasteiger partial charge in [0.1, 0.15) is 5.75 Å².